The maximum atomic E-state index is 12.9. The summed E-state index contributed by atoms with van der Waals surface area (Å²) in [4.78, 5) is 38.3. The lowest BCUT2D eigenvalue weighted by Crippen LogP contribution is -2.30. The number of hydrogen-bond donors (Lipinski definition) is 0. The minimum Gasteiger partial charge on any atom is -0.462 e. The molecule has 0 amide bonds. The lowest BCUT2D eigenvalue weighted by Gasteiger charge is -2.18. The topological polar surface area (TPSA) is 78.9 Å². The van der Waals surface area contributed by atoms with Crippen molar-refractivity contribution in [3.63, 3.8) is 0 Å². The summed E-state index contributed by atoms with van der Waals surface area (Å²) in [5.41, 5.74) is 0. The molecule has 72 heavy (non-hydrogen) atoms. The Labute approximate surface area is 448 Å². The van der Waals surface area contributed by atoms with E-state index in [0.29, 0.717) is 19.3 Å². The van der Waals surface area contributed by atoms with Gasteiger partial charge in [0, 0.05) is 19.3 Å². The van der Waals surface area contributed by atoms with Gasteiger partial charge in [-0.3, -0.25) is 14.4 Å². The van der Waals surface area contributed by atoms with Crippen LogP contribution in [0.25, 0.3) is 0 Å². The van der Waals surface area contributed by atoms with Gasteiger partial charge in [0.15, 0.2) is 6.10 Å². The summed E-state index contributed by atoms with van der Waals surface area (Å²) in [7, 11) is 0. The number of carbonyl (C=O) groups is 3. The Kier molecular flexibility index (Phi) is 58.7. The van der Waals surface area contributed by atoms with Crippen molar-refractivity contribution in [2.75, 3.05) is 13.2 Å². The van der Waals surface area contributed by atoms with Gasteiger partial charge in [0.2, 0.25) is 0 Å². The molecular formula is C66H120O6. The number of rotatable bonds is 58. The van der Waals surface area contributed by atoms with Crippen LogP contribution in [0.3, 0.4) is 0 Å². The molecule has 0 saturated carbocycles. The summed E-state index contributed by atoms with van der Waals surface area (Å²) >= 11 is 0. The molecule has 0 aromatic rings. The fourth-order valence-electron chi connectivity index (χ4n) is 9.27. The SMILES string of the molecule is CCCCC/C=C\C/C=C\CCCCCCCC(=O)OCC(COC(=O)CCCCCCCCCCCCCCCCCCCCCCCCC)OC(=O)CCCCCCC/C=C\C/C=C\CCCCCC. The average molecular weight is 1010 g/mol. The summed E-state index contributed by atoms with van der Waals surface area (Å²) in [5, 5.41) is 0. The summed E-state index contributed by atoms with van der Waals surface area (Å²) in [6, 6.07) is 0. The standard InChI is InChI=1S/C66H120O6/c1-4-7-10-13-16-19-22-25-28-30-31-32-33-34-35-36-39-41-44-47-50-53-56-59-65(68)71-62-63(61-70-64(67)58-55-52-49-46-43-40-37-27-24-21-18-15-12-9-6-3)72-66(69)60-57-54-51-48-45-42-38-29-26-23-20-17-14-11-8-5-2/h18,20-21,23,27,29,37-38,63H,4-17,19,22,24-26,28,30-36,39-62H2,1-3H3/b21-18-,23-20-,37-27-,38-29-. The van der Waals surface area contributed by atoms with Crippen molar-refractivity contribution in [3.8, 4) is 0 Å². The molecule has 0 heterocycles. The molecule has 0 aliphatic heterocycles. The third kappa shape index (κ3) is 58.3. The highest BCUT2D eigenvalue weighted by Crippen LogP contribution is 2.17. The van der Waals surface area contributed by atoms with E-state index in [1.54, 1.807) is 0 Å². The quantitative estimate of drug-likeness (QED) is 0.0261. The zero-order valence-corrected chi connectivity index (χ0v) is 48.2. The minimum absolute atomic E-state index is 0.0802. The highest BCUT2D eigenvalue weighted by atomic mass is 16.6. The summed E-state index contributed by atoms with van der Waals surface area (Å²) in [6.07, 6.45) is 75.4. The van der Waals surface area contributed by atoms with E-state index in [1.165, 1.54) is 193 Å². The Bertz CT molecular complexity index is 1250. The Morgan fingerprint density at radius 1 is 0.278 bits per heavy atom. The number of ether oxygens (including phenoxy) is 3. The van der Waals surface area contributed by atoms with Crippen LogP contribution in [0.4, 0.5) is 0 Å². The van der Waals surface area contributed by atoms with Crippen molar-refractivity contribution in [1.29, 1.82) is 0 Å². The van der Waals surface area contributed by atoms with Crippen LogP contribution in [0.1, 0.15) is 335 Å². The molecule has 0 saturated heterocycles. The predicted octanol–water partition coefficient (Wildman–Crippen LogP) is 21.4. The monoisotopic (exact) mass is 1010 g/mol. The lowest BCUT2D eigenvalue weighted by atomic mass is 10.0. The zero-order valence-electron chi connectivity index (χ0n) is 48.2. The summed E-state index contributed by atoms with van der Waals surface area (Å²) < 4.78 is 16.9. The van der Waals surface area contributed by atoms with E-state index in [4.69, 9.17) is 14.2 Å². The molecule has 0 aromatic carbocycles. The highest BCUT2D eigenvalue weighted by Gasteiger charge is 2.19. The molecule has 0 aliphatic rings. The second kappa shape index (κ2) is 60.9. The molecule has 1 unspecified atom stereocenters. The number of esters is 3. The molecule has 0 aliphatic carbocycles. The first-order chi connectivity index (χ1) is 35.5. The van der Waals surface area contributed by atoms with Crippen LogP contribution in [0.15, 0.2) is 48.6 Å². The van der Waals surface area contributed by atoms with Gasteiger partial charge in [-0.2, -0.15) is 0 Å². The van der Waals surface area contributed by atoms with Crippen molar-refractivity contribution in [2.24, 2.45) is 0 Å². The van der Waals surface area contributed by atoms with E-state index in [0.717, 1.165) is 103 Å². The van der Waals surface area contributed by atoms with Crippen LogP contribution in [0.2, 0.25) is 0 Å². The van der Waals surface area contributed by atoms with Gasteiger partial charge >= 0.3 is 17.9 Å². The predicted molar refractivity (Wildman–Crippen MR) is 312 cm³/mol. The van der Waals surface area contributed by atoms with Crippen LogP contribution in [0, 0.1) is 0 Å². The van der Waals surface area contributed by atoms with E-state index in [1.807, 2.05) is 0 Å². The normalized spacial score (nSPS) is 12.3. The summed E-state index contributed by atoms with van der Waals surface area (Å²) in [6.45, 7) is 6.62. The molecule has 0 spiro atoms. The molecular weight excluding hydrogens is 889 g/mol. The Balaban J connectivity index is 4.31. The number of unbranched alkanes of at least 4 members (excludes halogenated alkanes) is 39. The van der Waals surface area contributed by atoms with Crippen LogP contribution in [0.5, 0.6) is 0 Å². The molecule has 0 radical (unpaired) electrons. The Morgan fingerprint density at radius 3 is 0.806 bits per heavy atom. The fourth-order valence-corrected chi connectivity index (χ4v) is 9.27. The third-order valence-electron chi connectivity index (χ3n) is 14.1. The van der Waals surface area contributed by atoms with E-state index in [-0.39, 0.29) is 31.1 Å². The lowest BCUT2D eigenvalue weighted by molar-refractivity contribution is -0.167. The summed E-state index contributed by atoms with van der Waals surface area (Å²) in [5.74, 6) is -0.890. The number of allylic oxidation sites excluding steroid dienone is 8. The molecule has 1 atom stereocenters. The fraction of sp³-hybridized carbons (Fsp3) is 0.833. The van der Waals surface area contributed by atoms with E-state index < -0.39 is 6.10 Å². The maximum Gasteiger partial charge on any atom is 0.306 e. The Hall–Kier alpha value is -2.63. The highest BCUT2D eigenvalue weighted by molar-refractivity contribution is 5.71. The van der Waals surface area contributed by atoms with Crippen LogP contribution >= 0.6 is 0 Å². The first kappa shape index (κ1) is 69.4. The minimum atomic E-state index is -0.785. The van der Waals surface area contributed by atoms with Gasteiger partial charge < -0.3 is 14.2 Å². The van der Waals surface area contributed by atoms with Crippen LogP contribution in [-0.2, 0) is 28.6 Å². The van der Waals surface area contributed by atoms with Gasteiger partial charge in [-0.25, -0.2) is 0 Å². The molecule has 0 rings (SSSR count). The smallest absolute Gasteiger partial charge is 0.306 e. The van der Waals surface area contributed by atoms with Gasteiger partial charge in [0.25, 0.3) is 0 Å². The second-order valence-electron chi connectivity index (χ2n) is 21.3. The van der Waals surface area contributed by atoms with Gasteiger partial charge in [-0.1, -0.05) is 281 Å². The van der Waals surface area contributed by atoms with Crippen LogP contribution in [-0.4, -0.2) is 37.2 Å². The molecule has 0 fully saturated rings. The number of carbonyl (C=O) groups excluding carboxylic acids is 3. The molecule has 6 nitrogen and oxygen atoms in total. The molecule has 0 aromatic heterocycles. The first-order valence-electron chi connectivity index (χ1n) is 31.6. The van der Waals surface area contributed by atoms with Crippen molar-refractivity contribution in [1.82, 2.24) is 0 Å². The second-order valence-corrected chi connectivity index (χ2v) is 21.3. The van der Waals surface area contributed by atoms with Crippen molar-refractivity contribution >= 4 is 17.9 Å². The Morgan fingerprint density at radius 2 is 0.500 bits per heavy atom. The van der Waals surface area contributed by atoms with Crippen LogP contribution < -0.4 is 0 Å². The van der Waals surface area contributed by atoms with Gasteiger partial charge in [-0.05, 0) is 83.5 Å². The van der Waals surface area contributed by atoms with Gasteiger partial charge in [0.05, 0.1) is 0 Å². The molecule has 6 heteroatoms. The first-order valence-corrected chi connectivity index (χ1v) is 31.6. The molecule has 0 N–H and O–H groups in total. The van der Waals surface area contributed by atoms with E-state index >= 15 is 0 Å². The van der Waals surface area contributed by atoms with Gasteiger partial charge in [-0.15, -0.1) is 0 Å². The van der Waals surface area contributed by atoms with E-state index in [2.05, 4.69) is 69.4 Å². The molecule has 420 valence electrons. The number of hydrogen-bond acceptors (Lipinski definition) is 6. The van der Waals surface area contributed by atoms with E-state index in [9.17, 15) is 14.4 Å². The largest absolute Gasteiger partial charge is 0.462 e. The molecule has 0 bridgehead atoms. The van der Waals surface area contributed by atoms with Crippen molar-refractivity contribution < 1.29 is 28.6 Å². The third-order valence-corrected chi connectivity index (χ3v) is 14.1. The van der Waals surface area contributed by atoms with Crippen molar-refractivity contribution in [2.45, 2.75) is 341 Å². The van der Waals surface area contributed by atoms with Crippen molar-refractivity contribution in [3.05, 3.63) is 48.6 Å². The van der Waals surface area contributed by atoms with Gasteiger partial charge in [0.1, 0.15) is 13.2 Å². The maximum absolute atomic E-state index is 12.9. The average Bonchev–Trinajstić information content (AvgIpc) is 3.38. The zero-order chi connectivity index (χ0) is 52.2.